The summed E-state index contributed by atoms with van der Waals surface area (Å²) in [7, 11) is 2.82. The minimum atomic E-state index is -0.964. The van der Waals surface area contributed by atoms with Crippen molar-refractivity contribution >= 4 is 69.2 Å². The highest BCUT2D eigenvalue weighted by atomic mass is 35.5. The smallest absolute Gasteiger partial charge is 0.333 e. The van der Waals surface area contributed by atoms with Crippen LogP contribution in [-0.2, 0) is 35.4 Å². The summed E-state index contributed by atoms with van der Waals surface area (Å²) in [6.07, 6.45) is 0. The Morgan fingerprint density at radius 3 is 2.67 bits per heavy atom. The number of carbonyl (C=O) groups excluding carboxylic acids is 4. The zero-order valence-corrected chi connectivity index (χ0v) is 23.2. The van der Waals surface area contributed by atoms with Crippen LogP contribution in [0.4, 0.5) is 5.13 Å². The van der Waals surface area contributed by atoms with Gasteiger partial charge in [0.05, 0.1) is 7.11 Å². The quantitative estimate of drug-likeness (QED) is 0.105. The van der Waals surface area contributed by atoms with Crippen LogP contribution in [0.1, 0.15) is 11.3 Å². The molecular formula is C24H24ClN5O7S2. The predicted molar refractivity (Wildman–Crippen MR) is 146 cm³/mol. The number of nitrogens with one attached hydrogen (secondary N) is 2. The van der Waals surface area contributed by atoms with Crippen LogP contribution in [0.15, 0.2) is 47.0 Å². The number of halogens is 1. The van der Waals surface area contributed by atoms with E-state index in [1.807, 2.05) is 0 Å². The number of methoxy groups -OCH3 is 1. The fourth-order valence-corrected chi connectivity index (χ4v) is 5.96. The molecule has 2 N–H and O–H groups in total. The van der Waals surface area contributed by atoms with E-state index in [0.717, 1.165) is 16.9 Å². The summed E-state index contributed by atoms with van der Waals surface area (Å²) in [5.74, 6) is -1.40. The Labute approximate surface area is 236 Å². The van der Waals surface area contributed by atoms with Gasteiger partial charge < -0.3 is 29.8 Å². The van der Waals surface area contributed by atoms with Gasteiger partial charge in [-0.1, -0.05) is 23.9 Å². The molecule has 2 aliphatic heterocycles. The lowest BCUT2D eigenvalue weighted by Crippen LogP contribution is -2.75. The molecule has 0 radical (unpaired) electrons. The maximum atomic E-state index is 13.1. The molecule has 2 saturated heterocycles. The van der Waals surface area contributed by atoms with Crippen molar-refractivity contribution in [3.63, 3.8) is 0 Å². The number of ether oxygens (including phenoxy) is 2. The summed E-state index contributed by atoms with van der Waals surface area (Å²) in [5, 5.41) is 10.1. The third kappa shape index (κ3) is 6.18. The Morgan fingerprint density at radius 2 is 2.00 bits per heavy atom. The number of aromatic nitrogens is 1. The van der Waals surface area contributed by atoms with E-state index in [1.165, 1.54) is 29.2 Å². The van der Waals surface area contributed by atoms with Gasteiger partial charge in [-0.25, -0.2) is 9.78 Å². The van der Waals surface area contributed by atoms with E-state index in [-0.39, 0.29) is 29.0 Å². The fraction of sp³-hybridized carbons (Fsp3) is 0.333. The average Bonchev–Trinajstić information content (AvgIpc) is 3.40. The normalized spacial score (nSPS) is 20.4. The summed E-state index contributed by atoms with van der Waals surface area (Å²) in [5.41, 5.74) is 1.24. The molecule has 39 heavy (non-hydrogen) atoms. The van der Waals surface area contributed by atoms with Crippen molar-refractivity contribution in [2.45, 2.75) is 24.1 Å². The lowest BCUT2D eigenvalue weighted by molar-refractivity contribution is -0.163. The first kappa shape index (κ1) is 28.4. The molecule has 12 nitrogen and oxygen atoms in total. The number of alkyl halides is 1. The van der Waals surface area contributed by atoms with Gasteiger partial charge in [0, 0.05) is 11.1 Å². The third-order valence-corrected chi connectivity index (χ3v) is 8.13. The number of nitrogens with zero attached hydrogens (tertiary/aromatic N) is 3. The first-order valence-electron chi connectivity index (χ1n) is 11.4. The number of thiazole rings is 1. The molecule has 3 unspecified atom stereocenters. The maximum absolute atomic E-state index is 13.1. The highest BCUT2D eigenvalue weighted by Gasteiger charge is 2.56. The van der Waals surface area contributed by atoms with E-state index in [2.05, 4.69) is 27.4 Å². The molecule has 0 spiro atoms. The molecule has 1 aromatic heterocycles. The summed E-state index contributed by atoms with van der Waals surface area (Å²) >= 11 is 7.94. The Morgan fingerprint density at radius 1 is 1.26 bits per heavy atom. The number of benzene rings is 1. The first-order chi connectivity index (χ1) is 18.8. The second-order valence-electron chi connectivity index (χ2n) is 8.26. The zero-order chi connectivity index (χ0) is 28.1. The van der Waals surface area contributed by atoms with Gasteiger partial charge in [0.2, 0.25) is 11.8 Å². The van der Waals surface area contributed by atoms with Gasteiger partial charge in [-0.05, 0) is 23.3 Å². The number of hydrogen-bond acceptors (Lipinski definition) is 11. The minimum Gasteiger partial charge on any atom is -0.497 e. The Bertz CT molecular complexity index is 1320. The number of β-lactam (4-membered cyclic amide) rings is 1. The van der Waals surface area contributed by atoms with Crippen molar-refractivity contribution in [1.82, 2.24) is 15.2 Å². The number of thioether (sulfide) groups is 1. The molecule has 3 heterocycles. The van der Waals surface area contributed by atoms with Crippen molar-refractivity contribution in [2.24, 2.45) is 5.16 Å². The van der Waals surface area contributed by atoms with Gasteiger partial charge in [-0.3, -0.25) is 14.4 Å². The Hall–Kier alpha value is -3.62. The minimum absolute atomic E-state index is 0.0183. The molecule has 2 aliphatic rings. The van der Waals surface area contributed by atoms with E-state index >= 15 is 0 Å². The molecule has 0 saturated carbocycles. The molecule has 0 bridgehead atoms. The molecule has 15 heteroatoms. The van der Waals surface area contributed by atoms with Gasteiger partial charge in [0.1, 0.15) is 42.5 Å². The molecule has 1 aromatic carbocycles. The van der Waals surface area contributed by atoms with Crippen LogP contribution in [0.3, 0.4) is 0 Å². The van der Waals surface area contributed by atoms with Crippen LogP contribution >= 0.6 is 34.7 Å². The van der Waals surface area contributed by atoms with Crippen molar-refractivity contribution < 1.29 is 33.5 Å². The lowest BCUT2D eigenvalue weighted by Gasteiger charge is -2.52. The Kier molecular flexibility index (Phi) is 9.09. The number of oxime groups is 1. The van der Waals surface area contributed by atoms with Crippen LogP contribution in [0, 0.1) is 0 Å². The number of esters is 1. The van der Waals surface area contributed by atoms with Crippen LogP contribution in [-0.4, -0.2) is 82.6 Å². The highest BCUT2D eigenvalue weighted by molar-refractivity contribution is 8.00. The standard InChI is InChI=1S/C24H24ClN5O7S2/c1-12-10-38-22-18(28-20(32)17(29-36-3)15-11-39-24(26-15)27-16(31)8-25)21(33)30(22)19(12)23(34)37-9-13-4-6-14(35-2)7-5-13/h4-7,11,18-19,22H,1,8-10H2,2-3H3,(H,28,32)(H,26,27,31)/b29-17+. The van der Waals surface area contributed by atoms with Gasteiger partial charge in [-0.2, -0.15) is 0 Å². The monoisotopic (exact) mass is 593 g/mol. The predicted octanol–water partition coefficient (Wildman–Crippen LogP) is 1.75. The highest BCUT2D eigenvalue weighted by Crippen LogP contribution is 2.40. The summed E-state index contributed by atoms with van der Waals surface area (Å²) in [6.45, 7) is 3.97. The van der Waals surface area contributed by atoms with E-state index in [4.69, 9.17) is 25.9 Å². The van der Waals surface area contributed by atoms with Crippen LogP contribution in [0.2, 0.25) is 0 Å². The van der Waals surface area contributed by atoms with E-state index in [0.29, 0.717) is 17.1 Å². The molecule has 206 valence electrons. The summed E-state index contributed by atoms with van der Waals surface area (Å²) in [4.78, 5) is 61.0. The number of hydrogen-bond donors (Lipinski definition) is 2. The zero-order valence-electron chi connectivity index (χ0n) is 20.8. The van der Waals surface area contributed by atoms with E-state index in [9.17, 15) is 19.2 Å². The molecule has 0 aliphatic carbocycles. The van der Waals surface area contributed by atoms with Gasteiger partial charge in [0.25, 0.3) is 5.91 Å². The number of fused-ring (bicyclic) bond motifs is 1. The summed E-state index contributed by atoms with van der Waals surface area (Å²) < 4.78 is 10.6. The van der Waals surface area contributed by atoms with E-state index in [1.54, 1.807) is 31.4 Å². The van der Waals surface area contributed by atoms with Crippen molar-refractivity contribution in [2.75, 3.05) is 31.2 Å². The largest absolute Gasteiger partial charge is 0.497 e. The van der Waals surface area contributed by atoms with Crippen LogP contribution in [0.25, 0.3) is 0 Å². The van der Waals surface area contributed by atoms with Gasteiger partial charge in [0.15, 0.2) is 16.9 Å². The maximum Gasteiger partial charge on any atom is 0.333 e. The third-order valence-electron chi connectivity index (χ3n) is 5.75. The molecule has 2 fully saturated rings. The fourth-order valence-electron chi connectivity index (χ4n) is 3.87. The van der Waals surface area contributed by atoms with Gasteiger partial charge >= 0.3 is 5.97 Å². The molecule has 2 aromatic rings. The number of amides is 3. The van der Waals surface area contributed by atoms with Crippen molar-refractivity contribution in [1.29, 1.82) is 0 Å². The second kappa shape index (κ2) is 12.5. The van der Waals surface area contributed by atoms with Crippen LogP contribution < -0.4 is 15.4 Å². The molecule has 3 atom stereocenters. The lowest BCUT2D eigenvalue weighted by atomic mass is 9.98. The number of rotatable bonds is 10. The van der Waals surface area contributed by atoms with Crippen molar-refractivity contribution in [3.8, 4) is 5.75 Å². The Balaban J connectivity index is 1.41. The number of carbonyl (C=O) groups is 4. The van der Waals surface area contributed by atoms with Crippen molar-refractivity contribution in [3.05, 3.63) is 53.1 Å². The molecule has 4 rings (SSSR count). The van der Waals surface area contributed by atoms with Crippen LogP contribution in [0.5, 0.6) is 5.75 Å². The van der Waals surface area contributed by atoms with E-state index < -0.39 is 41.1 Å². The second-order valence-corrected chi connectivity index (χ2v) is 10.5. The topological polar surface area (TPSA) is 149 Å². The molecular weight excluding hydrogens is 570 g/mol. The molecule has 3 amide bonds. The number of anilines is 1. The first-order valence-corrected chi connectivity index (χ1v) is 13.9. The summed E-state index contributed by atoms with van der Waals surface area (Å²) in [6, 6.07) is 5.18. The SMILES string of the molecule is C=C1CSC2C(NC(=O)/C(=N/OC)c3csc(NC(=O)CCl)n3)C(=O)N2C1C(=O)OCc1ccc(OC)cc1. The van der Waals surface area contributed by atoms with Gasteiger partial charge in [-0.15, -0.1) is 34.7 Å². The average molecular weight is 594 g/mol.